The Bertz CT molecular complexity index is 1150. The molecular weight excluding hydrogens is 489 g/mol. The van der Waals surface area contributed by atoms with Crippen LogP contribution in [0.25, 0.3) is 0 Å². The van der Waals surface area contributed by atoms with E-state index in [1.807, 2.05) is 30.3 Å². The van der Waals surface area contributed by atoms with Crippen molar-refractivity contribution in [1.29, 1.82) is 0 Å². The van der Waals surface area contributed by atoms with Crippen LogP contribution in [0.15, 0.2) is 66.9 Å². The molecule has 1 fully saturated rings. The lowest BCUT2D eigenvalue weighted by atomic mass is 9.81. The van der Waals surface area contributed by atoms with E-state index in [1.165, 1.54) is 12.1 Å². The summed E-state index contributed by atoms with van der Waals surface area (Å²) >= 11 is 12.1. The molecule has 1 aliphatic rings. The zero-order chi connectivity index (χ0) is 24.8. The first-order chi connectivity index (χ1) is 16.9. The largest absolute Gasteiger partial charge is 0.493 e. The highest BCUT2D eigenvalue weighted by atomic mass is 35.5. The molecule has 9 heteroatoms. The average Bonchev–Trinajstić information content (AvgIpc) is 2.81. The van der Waals surface area contributed by atoms with E-state index in [2.05, 4.69) is 15.6 Å². The predicted molar refractivity (Wildman–Crippen MR) is 135 cm³/mol. The van der Waals surface area contributed by atoms with Crippen LogP contribution >= 0.6 is 23.2 Å². The molecule has 7 nitrogen and oxygen atoms in total. The highest BCUT2D eigenvalue weighted by Crippen LogP contribution is 2.30. The third kappa shape index (κ3) is 6.65. The summed E-state index contributed by atoms with van der Waals surface area (Å²) in [6.45, 7) is 0.617. The molecule has 1 atom stereocenters. The van der Waals surface area contributed by atoms with Crippen LogP contribution < -0.4 is 15.4 Å². The van der Waals surface area contributed by atoms with E-state index < -0.39 is 17.9 Å². The maximum atomic E-state index is 12.6. The fourth-order valence-electron chi connectivity index (χ4n) is 3.96. The smallest absolute Gasteiger partial charge is 0.326 e. The summed E-state index contributed by atoms with van der Waals surface area (Å²) in [6.07, 6.45) is 3.91. The van der Waals surface area contributed by atoms with Crippen LogP contribution in [0.1, 0.15) is 28.8 Å². The van der Waals surface area contributed by atoms with Gasteiger partial charge in [0.15, 0.2) is 0 Å². The minimum absolute atomic E-state index is 0.0549. The molecule has 0 unspecified atom stereocenters. The Labute approximate surface area is 213 Å². The first-order valence-corrected chi connectivity index (χ1v) is 12.0. The number of carboxylic acids is 1. The van der Waals surface area contributed by atoms with Crippen LogP contribution in [0.2, 0.25) is 10.0 Å². The SMILES string of the molecule is O=C(N[C@@H](Cc1ccc(OCC2CC(Nc3ccccn3)C2)cc1)C(=O)O)c1c(Cl)cccc1Cl. The number of amides is 1. The van der Waals surface area contributed by atoms with Crippen molar-refractivity contribution in [2.75, 3.05) is 11.9 Å². The second-order valence-corrected chi connectivity index (χ2v) is 9.33. The zero-order valence-electron chi connectivity index (χ0n) is 18.8. The molecule has 1 amide bonds. The number of nitrogens with zero attached hydrogens (tertiary/aromatic N) is 1. The number of carboxylic acid groups (broad SMARTS) is 1. The third-order valence-corrected chi connectivity index (χ3v) is 6.52. The molecule has 3 aromatic rings. The summed E-state index contributed by atoms with van der Waals surface area (Å²) in [6, 6.07) is 17.0. The van der Waals surface area contributed by atoms with E-state index in [0.717, 1.165) is 24.2 Å². The van der Waals surface area contributed by atoms with Crippen molar-refractivity contribution in [3.8, 4) is 5.75 Å². The number of aromatic nitrogens is 1. The number of aliphatic carboxylic acids is 1. The Morgan fingerprint density at radius 1 is 1.03 bits per heavy atom. The van der Waals surface area contributed by atoms with Crippen molar-refractivity contribution in [3.63, 3.8) is 0 Å². The van der Waals surface area contributed by atoms with Gasteiger partial charge in [-0.2, -0.15) is 0 Å². The Morgan fingerprint density at radius 2 is 1.74 bits per heavy atom. The van der Waals surface area contributed by atoms with Gasteiger partial charge in [0.2, 0.25) is 0 Å². The second kappa shape index (κ2) is 11.4. The van der Waals surface area contributed by atoms with Gasteiger partial charge in [0.1, 0.15) is 17.6 Å². The van der Waals surface area contributed by atoms with Gasteiger partial charge in [0, 0.05) is 18.7 Å². The molecule has 0 radical (unpaired) electrons. The molecule has 0 aliphatic heterocycles. The molecule has 2 aromatic carbocycles. The molecule has 4 rings (SSSR count). The topological polar surface area (TPSA) is 101 Å². The van der Waals surface area contributed by atoms with Gasteiger partial charge in [-0.3, -0.25) is 4.79 Å². The molecule has 1 heterocycles. The van der Waals surface area contributed by atoms with Crippen molar-refractivity contribution < 1.29 is 19.4 Å². The quantitative estimate of drug-likeness (QED) is 0.349. The Balaban J connectivity index is 1.25. The average molecular weight is 514 g/mol. The molecule has 182 valence electrons. The summed E-state index contributed by atoms with van der Waals surface area (Å²) < 4.78 is 5.91. The van der Waals surface area contributed by atoms with Gasteiger partial charge in [0.05, 0.1) is 22.2 Å². The lowest BCUT2D eigenvalue weighted by Gasteiger charge is -2.35. The highest BCUT2D eigenvalue weighted by molar-refractivity contribution is 6.39. The molecule has 3 N–H and O–H groups in total. The highest BCUT2D eigenvalue weighted by Gasteiger charge is 2.30. The van der Waals surface area contributed by atoms with E-state index in [-0.39, 0.29) is 22.0 Å². The normalized spacial score (nSPS) is 17.7. The van der Waals surface area contributed by atoms with E-state index in [9.17, 15) is 14.7 Å². The van der Waals surface area contributed by atoms with Gasteiger partial charge in [-0.1, -0.05) is 47.5 Å². The fourth-order valence-corrected chi connectivity index (χ4v) is 4.53. The number of carbonyl (C=O) groups is 2. The monoisotopic (exact) mass is 513 g/mol. The fraction of sp³-hybridized carbons (Fsp3) is 0.269. The third-order valence-electron chi connectivity index (χ3n) is 5.89. The van der Waals surface area contributed by atoms with Gasteiger partial charge in [-0.15, -0.1) is 0 Å². The number of anilines is 1. The Kier molecular flexibility index (Phi) is 8.10. The number of hydrogen-bond donors (Lipinski definition) is 3. The van der Waals surface area contributed by atoms with Gasteiger partial charge in [0.25, 0.3) is 5.91 Å². The van der Waals surface area contributed by atoms with Gasteiger partial charge < -0.3 is 20.5 Å². The maximum absolute atomic E-state index is 12.6. The summed E-state index contributed by atoms with van der Waals surface area (Å²) in [5.74, 6) is 0.288. The zero-order valence-corrected chi connectivity index (χ0v) is 20.3. The van der Waals surface area contributed by atoms with Crippen LogP contribution in [0.4, 0.5) is 5.82 Å². The summed E-state index contributed by atoms with van der Waals surface area (Å²) in [7, 11) is 0. The number of hydrogen-bond acceptors (Lipinski definition) is 5. The van der Waals surface area contributed by atoms with Crippen molar-refractivity contribution in [2.24, 2.45) is 5.92 Å². The predicted octanol–water partition coefficient (Wildman–Crippen LogP) is 5.08. The van der Waals surface area contributed by atoms with E-state index in [1.54, 1.807) is 24.4 Å². The number of carbonyl (C=O) groups excluding carboxylic acids is 1. The van der Waals surface area contributed by atoms with Crippen molar-refractivity contribution >= 4 is 40.9 Å². The van der Waals surface area contributed by atoms with Crippen LogP contribution in [0.5, 0.6) is 5.75 Å². The molecule has 0 spiro atoms. The van der Waals surface area contributed by atoms with E-state index in [4.69, 9.17) is 27.9 Å². The van der Waals surface area contributed by atoms with Crippen molar-refractivity contribution in [1.82, 2.24) is 10.3 Å². The number of benzene rings is 2. The van der Waals surface area contributed by atoms with Gasteiger partial charge in [-0.05, 0) is 60.7 Å². The molecule has 1 saturated carbocycles. The number of rotatable bonds is 10. The molecule has 1 aromatic heterocycles. The standard InChI is InChI=1S/C26H25Cl2N3O4/c27-20-4-3-5-21(28)24(20)25(32)31-22(26(33)34)14-16-7-9-19(10-8-16)35-15-17-12-18(13-17)30-23-6-1-2-11-29-23/h1-11,17-18,22H,12-15H2,(H,29,30)(H,31,32)(H,33,34)/t17?,18?,22-/m0/s1. The number of halogens is 2. The van der Waals surface area contributed by atoms with Gasteiger partial charge in [-0.25, -0.2) is 9.78 Å². The van der Waals surface area contributed by atoms with E-state index in [0.29, 0.717) is 24.3 Å². The molecule has 0 bridgehead atoms. The Hall–Kier alpha value is -3.29. The maximum Gasteiger partial charge on any atom is 0.326 e. The second-order valence-electron chi connectivity index (χ2n) is 8.51. The molecule has 0 saturated heterocycles. The van der Waals surface area contributed by atoms with E-state index >= 15 is 0 Å². The number of nitrogens with one attached hydrogen (secondary N) is 2. The molecule has 1 aliphatic carbocycles. The van der Waals surface area contributed by atoms with Crippen molar-refractivity contribution in [3.05, 3.63) is 88.0 Å². The minimum atomic E-state index is -1.15. The number of ether oxygens (including phenoxy) is 1. The molecule has 35 heavy (non-hydrogen) atoms. The molecular formula is C26H25Cl2N3O4. The van der Waals surface area contributed by atoms with Crippen molar-refractivity contribution in [2.45, 2.75) is 31.3 Å². The van der Waals surface area contributed by atoms with Crippen LogP contribution in [-0.2, 0) is 11.2 Å². The van der Waals surface area contributed by atoms with Gasteiger partial charge >= 0.3 is 5.97 Å². The summed E-state index contributed by atoms with van der Waals surface area (Å²) in [4.78, 5) is 28.6. The summed E-state index contributed by atoms with van der Waals surface area (Å²) in [5, 5.41) is 15.8. The first-order valence-electron chi connectivity index (χ1n) is 11.3. The summed E-state index contributed by atoms with van der Waals surface area (Å²) in [5.41, 5.74) is 0.804. The lowest BCUT2D eigenvalue weighted by Crippen LogP contribution is -2.42. The minimum Gasteiger partial charge on any atom is -0.493 e. The first kappa shape index (κ1) is 24.8. The lowest BCUT2D eigenvalue weighted by molar-refractivity contribution is -0.139. The van der Waals surface area contributed by atoms with Crippen LogP contribution in [0, 0.1) is 5.92 Å². The Morgan fingerprint density at radius 3 is 2.37 bits per heavy atom. The number of pyridine rings is 1. The van der Waals surface area contributed by atoms with Crippen LogP contribution in [-0.4, -0.2) is 40.7 Å². The van der Waals surface area contributed by atoms with Crippen LogP contribution in [0.3, 0.4) is 0 Å².